The van der Waals surface area contributed by atoms with Gasteiger partial charge in [-0.2, -0.15) is 0 Å². The van der Waals surface area contributed by atoms with Crippen LogP contribution in [0.4, 0.5) is 4.79 Å². The van der Waals surface area contributed by atoms with Crippen molar-refractivity contribution in [3.63, 3.8) is 0 Å². The highest BCUT2D eigenvalue weighted by Crippen LogP contribution is 2.17. The van der Waals surface area contributed by atoms with Crippen molar-refractivity contribution in [2.45, 2.75) is 12.5 Å². The molecule has 1 rings (SSSR count). The van der Waals surface area contributed by atoms with Gasteiger partial charge >= 0.3 is 6.09 Å². The van der Waals surface area contributed by atoms with Crippen LogP contribution in [0.5, 0.6) is 0 Å². The molecule has 1 aliphatic rings. The van der Waals surface area contributed by atoms with Gasteiger partial charge in [0.2, 0.25) is 0 Å². The summed E-state index contributed by atoms with van der Waals surface area (Å²) in [7, 11) is 0. The van der Waals surface area contributed by atoms with Crippen molar-refractivity contribution >= 4 is 22.0 Å². The summed E-state index contributed by atoms with van der Waals surface area (Å²) < 4.78 is 4.90. The zero-order valence-corrected chi connectivity index (χ0v) is 6.69. The molecule has 0 spiro atoms. The highest BCUT2D eigenvalue weighted by molar-refractivity contribution is 9.09. The van der Waals surface area contributed by atoms with Gasteiger partial charge in [-0.3, -0.25) is 0 Å². The number of hydrogen-bond donors (Lipinski definition) is 1. The lowest BCUT2D eigenvalue weighted by molar-refractivity contribution is 0.0913. The molecule has 0 aromatic heterocycles. The number of carbonyl (C=O) groups excluding carboxylic acids is 1. The van der Waals surface area contributed by atoms with Crippen molar-refractivity contribution in [2.24, 2.45) is 0 Å². The quantitative estimate of drug-likeness (QED) is 0.629. The Labute approximate surface area is 61.9 Å². The average Bonchev–Trinajstić information content (AvgIpc) is 2.13. The van der Waals surface area contributed by atoms with E-state index >= 15 is 0 Å². The summed E-state index contributed by atoms with van der Waals surface area (Å²) >= 11 is 3.24. The SMILES string of the molecule is C[C@]1(CBr)CNC(=O)O1. The van der Waals surface area contributed by atoms with Crippen LogP contribution in [-0.2, 0) is 4.74 Å². The second-order valence-electron chi connectivity index (χ2n) is 2.33. The van der Waals surface area contributed by atoms with Gasteiger partial charge < -0.3 is 10.1 Å². The summed E-state index contributed by atoms with van der Waals surface area (Å²) in [6.07, 6.45) is -0.322. The monoisotopic (exact) mass is 193 g/mol. The number of cyclic esters (lactones) is 1. The zero-order chi connectivity index (χ0) is 6.91. The van der Waals surface area contributed by atoms with Gasteiger partial charge in [0.15, 0.2) is 0 Å². The zero-order valence-electron chi connectivity index (χ0n) is 5.11. The Hall–Kier alpha value is -0.250. The molecule has 1 heterocycles. The molecule has 0 aromatic carbocycles. The van der Waals surface area contributed by atoms with Crippen LogP contribution in [0, 0.1) is 0 Å². The Kier molecular flexibility index (Phi) is 1.66. The van der Waals surface area contributed by atoms with Crippen molar-refractivity contribution in [3.05, 3.63) is 0 Å². The predicted molar refractivity (Wildman–Crippen MR) is 36.7 cm³/mol. The maximum absolute atomic E-state index is 10.5. The summed E-state index contributed by atoms with van der Waals surface area (Å²) in [6, 6.07) is 0. The van der Waals surface area contributed by atoms with Gasteiger partial charge in [0.1, 0.15) is 5.60 Å². The molecule has 0 radical (unpaired) electrons. The Morgan fingerprint density at radius 1 is 2.00 bits per heavy atom. The van der Waals surface area contributed by atoms with Crippen LogP contribution in [0.3, 0.4) is 0 Å². The van der Waals surface area contributed by atoms with Gasteiger partial charge in [-0.25, -0.2) is 4.79 Å². The third-order valence-corrected chi connectivity index (χ3v) is 2.41. The van der Waals surface area contributed by atoms with Gasteiger partial charge in [-0.05, 0) is 6.92 Å². The number of ether oxygens (including phenoxy) is 1. The van der Waals surface area contributed by atoms with Crippen LogP contribution in [0.15, 0.2) is 0 Å². The molecule has 1 atom stereocenters. The predicted octanol–water partition coefficient (Wildman–Crippen LogP) is 0.880. The summed E-state index contributed by atoms with van der Waals surface area (Å²) in [6.45, 7) is 2.47. The highest BCUT2D eigenvalue weighted by Gasteiger charge is 2.33. The summed E-state index contributed by atoms with van der Waals surface area (Å²) in [5, 5.41) is 3.25. The normalized spacial score (nSPS) is 33.8. The van der Waals surface area contributed by atoms with Crippen molar-refractivity contribution < 1.29 is 9.53 Å². The largest absolute Gasteiger partial charge is 0.440 e. The van der Waals surface area contributed by atoms with Crippen LogP contribution in [0.25, 0.3) is 0 Å². The van der Waals surface area contributed by atoms with E-state index in [0.717, 1.165) is 0 Å². The van der Waals surface area contributed by atoms with Crippen LogP contribution in [0.1, 0.15) is 6.92 Å². The molecule has 1 N–H and O–H groups in total. The number of alkyl carbamates (subject to hydrolysis) is 1. The summed E-state index contributed by atoms with van der Waals surface area (Å²) in [5.74, 6) is 0. The molecule has 0 aliphatic carbocycles. The molecular formula is C5H8BrNO2. The first kappa shape index (κ1) is 6.86. The number of rotatable bonds is 1. The lowest BCUT2D eigenvalue weighted by Crippen LogP contribution is -2.30. The molecule has 0 bridgehead atoms. The van der Waals surface area contributed by atoms with Crippen molar-refractivity contribution in [3.8, 4) is 0 Å². The molecule has 1 aliphatic heterocycles. The molecule has 3 nitrogen and oxygen atoms in total. The van der Waals surface area contributed by atoms with E-state index in [1.54, 1.807) is 0 Å². The first-order valence-electron chi connectivity index (χ1n) is 2.69. The van der Waals surface area contributed by atoms with E-state index in [0.29, 0.717) is 11.9 Å². The van der Waals surface area contributed by atoms with E-state index in [9.17, 15) is 4.79 Å². The number of nitrogens with one attached hydrogen (secondary N) is 1. The number of carbonyl (C=O) groups is 1. The van der Waals surface area contributed by atoms with Gasteiger partial charge in [0.25, 0.3) is 0 Å². The lowest BCUT2D eigenvalue weighted by atomic mass is 10.1. The molecule has 52 valence electrons. The third-order valence-electron chi connectivity index (χ3n) is 1.23. The number of amides is 1. The smallest absolute Gasteiger partial charge is 0.407 e. The first-order valence-corrected chi connectivity index (χ1v) is 3.81. The van der Waals surface area contributed by atoms with Crippen molar-refractivity contribution in [1.82, 2.24) is 5.32 Å². The van der Waals surface area contributed by atoms with Gasteiger partial charge in [0, 0.05) is 5.33 Å². The van der Waals surface area contributed by atoms with E-state index in [-0.39, 0.29) is 11.7 Å². The average molecular weight is 194 g/mol. The van der Waals surface area contributed by atoms with Crippen LogP contribution >= 0.6 is 15.9 Å². The fraction of sp³-hybridized carbons (Fsp3) is 0.800. The minimum atomic E-state index is -0.336. The van der Waals surface area contributed by atoms with Crippen molar-refractivity contribution in [1.29, 1.82) is 0 Å². The molecule has 4 heteroatoms. The topological polar surface area (TPSA) is 38.3 Å². The lowest BCUT2D eigenvalue weighted by Gasteiger charge is -2.16. The second-order valence-corrected chi connectivity index (χ2v) is 2.89. The molecule has 1 saturated heterocycles. The van der Waals surface area contributed by atoms with Crippen molar-refractivity contribution in [2.75, 3.05) is 11.9 Å². The fourth-order valence-corrected chi connectivity index (χ4v) is 0.942. The van der Waals surface area contributed by atoms with E-state index in [1.807, 2.05) is 6.92 Å². The summed E-state index contributed by atoms with van der Waals surface area (Å²) in [5.41, 5.74) is -0.336. The minimum Gasteiger partial charge on any atom is -0.440 e. The molecule has 0 aromatic rings. The number of hydrogen-bond acceptors (Lipinski definition) is 2. The minimum absolute atomic E-state index is 0.322. The van der Waals surface area contributed by atoms with E-state index in [1.165, 1.54) is 0 Å². The third kappa shape index (κ3) is 1.36. The molecule has 1 fully saturated rings. The van der Waals surface area contributed by atoms with Gasteiger partial charge in [0.05, 0.1) is 6.54 Å². The van der Waals surface area contributed by atoms with Gasteiger partial charge in [-0.15, -0.1) is 0 Å². The Balaban J connectivity index is 2.54. The van der Waals surface area contributed by atoms with E-state index < -0.39 is 0 Å². The summed E-state index contributed by atoms with van der Waals surface area (Å²) in [4.78, 5) is 10.5. The van der Waals surface area contributed by atoms with Gasteiger partial charge in [-0.1, -0.05) is 15.9 Å². The van der Waals surface area contributed by atoms with E-state index in [2.05, 4.69) is 21.2 Å². The first-order chi connectivity index (χ1) is 4.16. The Morgan fingerprint density at radius 3 is 2.89 bits per heavy atom. The number of alkyl halides is 1. The number of halogens is 1. The Bertz CT molecular complexity index is 139. The van der Waals surface area contributed by atoms with Crippen LogP contribution in [-0.4, -0.2) is 23.6 Å². The van der Waals surface area contributed by atoms with Crippen LogP contribution < -0.4 is 5.32 Å². The maximum Gasteiger partial charge on any atom is 0.407 e. The Morgan fingerprint density at radius 2 is 2.67 bits per heavy atom. The van der Waals surface area contributed by atoms with E-state index in [4.69, 9.17) is 4.74 Å². The highest BCUT2D eigenvalue weighted by atomic mass is 79.9. The fourth-order valence-electron chi connectivity index (χ4n) is 0.630. The second kappa shape index (κ2) is 2.17. The molecule has 9 heavy (non-hydrogen) atoms. The molecule has 0 unspecified atom stereocenters. The molecule has 1 amide bonds. The maximum atomic E-state index is 10.5. The molecular weight excluding hydrogens is 186 g/mol. The molecule has 0 saturated carbocycles. The van der Waals surface area contributed by atoms with Crippen LogP contribution in [0.2, 0.25) is 0 Å². The standard InChI is InChI=1S/C5H8BrNO2/c1-5(2-6)3-7-4(8)9-5/h2-3H2,1H3,(H,7,8)/t5-/m0/s1.